The SMILES string of the molecule is COc1cc2c3c(c1)C1(C(=O)N3C(C)(C)C=C2C)C(C#N)=C(N)NC(=O)C1C(N)=O. The predicted molar refractivity (Wildman–Crippen MR) is 108 cm³/mol. The van der Waals surface area contributed by atoms with Crippen molar-refractivity contribution in [2.24, 2.45) is 17.4 Å². The van der Waals surface area contributed by atoms with Crippen molar-refractivity contribution in [2.45, 2.75) is 31.7 Å². The molecule has 1 aromatic carbocycles. The molecule has 0 saturated carbocycles. The number of nitrogens with zero attached hydrogens (tertiary/aromatic N) is 2. The number of nitrogens with one attached hydrogen (secondary N) is 1. The molecule has 154 valence electrons. The van der Waals surface area contributed by atoms with Gasteiger partial charge in [0.05, 0.1) is 23.9 Å². The highest BCUT2D eigenvalue weighted by atomic mass is 16.5. The van der Waals surface area contributed by atoms with Crippen LogP contribution in [-0.2, 0) is 19.8 Å². The Bertz CT molecular complexity index is 1160. The van der Waals surface area contributed by atoms with Crippen molar-refractivity contribution < 1.29 is 19.1 Å². The fourth-order valence-corrected chi connectivity index (χ4v) is 5.02. The van der Waals surface area contributed by atoms with Crippen LogP contribution in [0, 0.1) is 17.2 Å². The minimum atomic E-state index is -1.97. The number of hydrogen-bond donors (Lipinski definition) is 3. The summed E-state index contributed by atoms with van der Waals surface area (Å²) < 4.78 is 5.43. The molecule has 0 saturated heterocycles. The van der Waals surface area contributed by atoms with Gasteiger partial charge in [0.15, 0.2) is 0 Å². The zero-order valence-electron chi connectivity index (χ0n) is 17.0. The van der Waals surface area contributed by atoms with E-state index in [0.29, 0.717) is 22.6 Å². The van der Waals surface area contributed by atoms with E-state index in [9.17, 15) is 19.6 Å². The second kappa shape index (κ2) is 5.86. The molecule has 0 bridgehead atoms. The van der Waals surface area contributed by atoms with E-state index < -0.39 is 34.6 Å². The average molecular weight is 407 g/mol. The molecule has 0 radical (unpaired) electrons. The van der Waals surface area contributed by atoms with E-state index in [0.717, 1.165) is 5.57 Å². The third kappa shape index (κ3) is 2.08. The third-order valence-corrected chi connectivity index (χ3v) is 6.09. The van der Waals surface area contributed by atoms with Gasteiger partial charge >= 0.3 is 0 Å². The predicted octanol–water partition coefficient (Wildman–Crippen LogP) is 0.400. The number of methoxy groups -OCH3 is 1. The minimum absolute atomic E-state index is 0.214. The van der Waals surface area contributed by atoms with Crippen LogP contribution in [0.15, 0.2) is 29.6 Å². The number of anilines is 1. The lowest BCUT2D eigenvalue weighted by atomic mass is 9.63. The Balaban J connectivity index is 2.23. The molecule has 3 amide bonds. The van der Waals surface area contributed by atoms with E-state index >= 15 is 0 Å². The molecule has 1 aromatic rings. The van der Waals surface area contributed by atoms with Crippen molar-refractivity contribution in [1.29, 1.82) is 5.26 Å². The number of fused-ring (bicyclic) bond motifs is 1. The van der Waals surface area contributed by atoms with Crippen LogP contribution in [0.25, 0.3) is 5.57 Å². The summed E-state index contributed by atoms with van der Waals surface area (Å²) in [6.07, 6.45) is 1.91. The van der Waals surface area contributed by atoms with Crippen LogP contribution in [-0.4, -0.2) is 30.4 Å². The number of amides is 3. The summed E-state index contributed by atoms with van der Waals surface area (Å²) >= 11 is 0. The summed E-state index contributed by atoms with van der Waals surface area (Å²) in [5, 5.41) is 12.3. The molecule has 3 aliphatic heterocycles. The van der Waals surface area contributed by atoms with E-state index in [1.807, 2.05) is 32.9 Å². The van der Waals surface area contributed by atoms with Crippen LogP contribution in [0.1, 0.15) is 31.9 Å². The maximum Gasteiger partial charge on any atom is 0.245 e. The Morgan fingerprint density at radius 3 is 2.57 bits per heavy atom. The van der Waals surface area contributed by atoms with Gasteiger partial charge in [-0.25, -0.2) is 0 Å². The first kappa shape index (κ1) is 19.5. The monoisotopic (exact) mass is 407 g/mol. The highest BCUT2D eigenvalue weighted by Crippen LogP contribution is 2.58. The molecule has 2 atom stereocenters. The highest BCUT2D eigenvalue weighted by Gasteiger charge is 2.67. The molecule has 30 heavy (non-hydrogen) atoms. The molecule has 5 N–H and O–H groups in total. The van der Waals surface area contributed by atoms with Crippen LogP contribution in [0.5, 0.6) is 5.75 Å². The van der Waals surface area contributed by atoms with Crippen LogP contribution >= 0.6 is 0 Å². The smallest absolute Gasteiger partial charge is 0.245 e. The third-order valence-electron chi connectivity index (χ3n) is 6.09. The number of rotatable bonds is 2. The summed E-state index contributed by atoms with van der Waals surface area (Å²) in [6.45, 7) is 5.58. The number of nitriles is 1. The van der Waals surface area contributed by atoms with E-state index in [2.05, 4.69) is 5.32 Å². The highest BCUT2D eigenvalue weighted by molar-refractivity contribution is 6.22. The van der Waals surface area contributed by atoms with Crippen molar-refractivity contribution in [3.63, 3.8) is 0 Å². The van der Waals surface area contributed by atoms with Crippen LogP contribution in [0.3, 0.4) is 0 Å². The molecule has 3 aliphatic rings. The number of allylic oxidation sites excluding steroid dienone is 1. The van der Waals surface area contributed by atoms with Gasteiger partial charge < -0.3 is 26.4 Å². The quantitative estimate of drug-likeness (QED) is 0.604. The van der Waals surface area contributed by atoms with Gasteiger partial charge in [-0.1, -0.05) is 6.08 Å². The second-order valence-corrected chi connectivity index (χ2v) is 8.23. The van der Waals surface area contributed by atoms with E-state index in [4.69, 9.17) is 16.2 Å². The van der Waals surface area contributed by atoms with E-state index in [1.165, 1.54) is 12.0 Å². The zero-order chi connectivity index (χ0) is 22.2. The maximum absolute atomic E-state index is 14.1. The van der Waals surface area contributed by atoms with Gasteiger partial charge in [0.25, 0.3) is 0 Å². The first-order valence-electron chi connectivity index (χ1n) is 9.29. The lowest BCUT2D eigenvalue weighted by Crippen LogP contribution is -2.62. The molecular formula is C21H21N5O4. The van der Waals surface area contributed by atoms with Crippen molar-refractivity contribution in [3.05, 3.63) is 40.7 Å². The summed E-state index contributed by atoms with van der Waals surface area (Å²) in [5.41, 5.74) is 11.0. The standard InChI is InChI=1S/C21H21N5O4/c1-9-7-20(2,3)26-15-11(9)5-10(30-4)6-12(15)21(19(26)29)13(8-22)16(23)25-18(28)14(21)17(24)27/h5-7,14H,23H2,1-4H3,(H2,24,27)(H,25,28). The molecule has 9 nitrogen and oxygen atoms in total. The topological polar surface area (TPSA) is 152 Å². The number of primary amides is 1. The molecular weight excluding hydrogens is 386 g/mol. The Labute approximate surface area is 172 Å². The van der Waals surface area contributed by atoms with Gasteiger partial charge in [-0.3, -0.25) is 14.4 Å². The Morgan fingerprint density at radius 2 is 2.00 bits per heavy atom. The molecule has 0 aliphatic carbocycles. The second-order valence-electron chi connectivity index (χ2n) is 8.23. The lowest BCUT2D eigenvalue weighted by Gasteiger charge is -2.41. The molecule has 3 heterocycles. The first-order valence-corrected chi connectivity index (χ1v) is 9.29. The van der Waals surface area contributed by atoms with Gasteiger partial charge in [-0.2, -0.15) is 5.26 Å². The van der Waals surface area contributed by atoms with Gasteiger partial charge in [-0.05, 0) is 38.5 Å². The van der Waals surface area contributed by atoms with Gasteiger partial charge in [0, 0.05) is 11.1 Å². The average Bonchev–Trinajstić information content (AvgIpc) is 2.89. The Hall–Kier alpha value is -3.80. The number of ether oxygens (including phenoxy) is 1. The molecule has 0 aromatic heterocycles. The van der Waals surface area contributed by atoms with Crippen LogP contribution in [0.2, 0.25) is 0 Å². The van der Waals surface area contributed by atoms with Gasteiger partial charge in [-0.15, -0.1) is 0 Å². The number of carbonyl (C=O) groups excluding carboxylic acids is 3. The summed E-state index contributed by atoms with van der Waals surface area (Å²) in [6, 6.07) is 5.30. The van der Waals surface area contributed by atoms with Gasteiger partial charge in [0.2, 0.25) is 17.7 Å². The van der Waals surface area contributed by atoms with Crippen molar-refractivity contribution in [2.75, 3.05) is 12.0 Å². The maximum atomic E-state index is 14.1. The molecule has 9 heteroatoms. The normalized spacial score (nSPS) is 26.2. The number of nitrogens with two attached hydrogens (primary N) is 2. The van der Waals surface area contributed by atoms with Crippen molar-refractivity contribution in [3.8, 4) is 11.8 Å². The summed E-state index contributed by atoms with van der Waals surface area (Å²) in [5.74, 6) is -3.96. The van der Waals surface area contributed by atoms with Crippen molar-refractivity contribution >= 4 is 29.0 Å². The Morgan fingerprint density at radius 1 is 1.33 bits per heavy atom. The molecule has 0 fully saturated rings. The fourth-order valence-electron chi connectivity index (χ4n) is 5.02. The minimum Gasteiger partial charge on any atom is -0.497 e. The summed E-state index contributed by atoms with van der Waals surface area (Å²) in [7, 11) is 1.47. The van der Waals surface area contributed by atoms with Crippen molar-refractivity contribution in [1.82, 2.24) is 5.32 Å². The molecule has 1 spiro atoms. The molecule has 2 unspecified atom stereocenters. The fraction of sp³-hybridized carbons (Fsp3) is 0.333. The number of benzene rings is 1. The van der Waals surface area contributed by atoms with Crippen LogP contribution < -0.4 is 26.4 Å². The van der Waals surface area contributed by atoms with E-state index in [-0.39, 0.29) is 11.4 Å². The largest absolute Gasteiger partial charge is 0.497 e. The number of hydrogen-bond acceptors (Lipinski definition) is 6. The molecule has 4 rings (SSSR count). The van der Waals surface area contributed by atoms with Crippen LogP contribution in [0.4, 0.5) is 5.69 Å². The Kier molecular flexibility index (Phi) is 3.81. The lowest BCUT2D eigenvalue weighted by molar-refractivity contribution is -0.141. The van der Waals surface area contributed by atoms with E-state index in [1.54, 1.807) is 12.1 Å². The first-order chi connectivity index (χ1) is 14.0. The summed E-state index contributed by atoms with van der Waals surface area (Å²) in [4.78, 5) is 40.9. The van der Waals surface area contributed by atoms with Gasteiger partial charge in [0.1, 0.15) is 29.0 Å². The zero-order valence-corrected chi connectivity index (χ0v) is 17.0. The number of carbonyl (C=O) groups is 3.